The number of rotatable bonds is 3. The first-order valence-corrected chi connectivity index (χ1v) is 8.54. The molecule has 1 aliphatic heterocycles. The Labute approximate surface area is 133 Å². The zero-order valence-corrected chi connectivity index (χ0v) is 13.5. The molecule has 0 bridgehead atoms. The molecule has 0 aliphatic carbocycles. The Kier molecular flexibility index (Phi) is 3.56. The highest BCUT2D eigenvalue weighted by molar-refractivity contribution is 7.20. The predicted molar refractivity (Wildman–Crippen MR) is 90.6 cm³/mol. The van der Waals surface area contributed by atoms with Crippen LogP contribution in [0.25, 0.3) is 16.2 Å². The Morgan fingerprint density at radius 3 is 2.55 bits per heavy atom. The average molecular weight is 313 g/mol. The molecule has 22 heavy (non-hydrogen) atoms. The fourth-order valence-electron chi connectivity index (χ4n) is 2.82. The lowest BCUT2D eigenvalue weighted by Gasteiger charge is -2.33. The van der Waals surface area contributed by atoms with Crippen molar-refractivity contribution in [2.24, 2.45) is 0 Å². The van der Waals surface area contributed by atoms with Crippen molar-refractivity contribution in [1.82, 2.24) is 19.5 Å². The number of piperazine rings is 1. The van der Waals surface area contributed by atoms with Crippen LogP contribution < -0.4 is 4.90 Å². The van der Waals surface area contributed by atoms with E-state index in [0.29, 0.717) is 0 Å². The van der Waals surface area contributed by atoms with E-state index in [1.807, 2.05) is 28.9 Å². The second-order valence-corrected chi connectivity index (χ2v) is 6.46. The van der Waals surface area contributed by atoms with Crippen molar-refractivity contribution in [1.29, 1.82) is 0 Å². The molecule has 4 rings (SSSR count). The monoisotopic (exact) mass is 313 g/mol. The molecule has 6 heteroatoms. The van der Waals surface area contributed by atoms with Gasteiger partial charge in [-0.3, -0.25) is 0 Å². The smallest absolute Gasteiger partial charge is 0.214 e. The summed E-state index contributed by atoms with van der Waals surface area (Å²) in [6.45, 7) is 7.70. The molecular formula is C16H19N5S. The van der Waals surface area contributed by atoms with Gasteiger partial charge in [0.05, 0.1) is 11.9 Å². The minimum Gasteiger partial charge on any atom is -0.344 e. The number of imidazole rings is 1. The van der Waals surface area contributed by atoms with Crippen LogP contribution in [0.2, 0.25) is 0 Å². The highest BCUT2D eigenvalue weighted by Crippen LogP contribution is 2.27. The molecule has 3 heterocycles. The van der Waals surface area contributed by atoms with Gasteiger partial charge in [-0.1, -0.05) is 48.6 Å². The van der Waals surface area contributed by atoms with Gasteiger partial charge < -0.3 is 9.80 Å². The van der Waals surface area contributed by atoms with E-state index < -0.39 is 0 Å². The lowest BCUT2D eigenvalue weighted by Crippen LogP contribution is -2.46. The number of anilines is 1. The van der Waals surface area contributed by atoms with Crippen molar-refractivity contribution in [3.63, 3.8) is 0 Å². The fraction of sp³-hybridized carbons (Fsp3) is 0.375. The molecule has 1 fully saturated rings. The highest BCUT2D eigenvalue weighted by atomic mass is 32.1. The first kappa shape index (κ1) is 13.7. The van der Waals surface area contributed by atoms with E-state index in [4.69, 9.17) is 10.1 Å². The summed E-state index contributed by atoms with van der Waals surface area (Å²) in [5.74, 6) is 0. The minimum absolute atomic E-state index is 0.965. The molecule has 114 valence electrons. The molecular weight excluding hydrogens is 294 g/mol. The number of fused-ring (bicyclic) bond motifs is 1. The van der Waals surface area contributed by atoms with E-state index in [0.717, 1.165) is 54.1 Å². The molecule has 2 aromatic heterocycles. The number of nitrogens with zero attached hydrogens (tertiary/aromatic N) is 5. The topological polar surface area (TPSA) is 36.7 Å². The molecule has 1 aromatic carbocycles. The number of aromatic nitrogens is 3. The molecule has 5 nitrogen and oxygen atoms in total. The Balaban J connectivity index is 1.57. The Hall–Kier alpha value is -1.92. The minimum atomic E-state index is 0.965. The molecule has 1 aliphatic rings. The molecule has 0 unspecified atom stereocenters. The Morgan fingerprint density at radius 2 is 1.86 bits per heavy atom. The van der Waals surface area contributed by atoms with E-state index in [-0.39, 0.29) is 0 Å². The molecule has 0 atom stereocenters. The van der Waals surface area contributed by atoms with Crippen LogP contribution in [0.4, 0.5) is 5.13 Å². The van der Waals surface area contributed by atoms with Crippen LogP contribution in [0.15, 0.2) is 36.5 Å². The van der Waals surface area contributed by atoms with Crippen LogP contribution in [0.3, 0.4) is 0 Å². The molecule has 1 saturated heterocycles. The van der Waals surface area contributed by atoms with Crippen LogP contribution in [-0.4, -0.2) is 52.2 Å². The van der Waals surface area contributed by atoms with Crippen LogP contribution in [-0.2, 0) is 0 Å². The van der Waals surface area contributed by atoms with Gasteiger partial charge in [0.1, 0.15) is 0 Å². The van der Waals surface area contributed by atoms with E-state index >= 15 is 0 Å². The maximum Gasteiger partial charge on any atom is 0.214 e. The summed E-state index contributed by atoms with van der Waals surface area (Å²) in [5, 5.41) is 5.79. The van der Waals surface area contributed by atoms with Crippen molar-refractivity contribution in [2.75, 3.05) is 37.6 Å². The third kappa shape index (κ3) is 2.48. The third-order valence-electron chi connectivity index (χ3n) is 4.19. The van der Waals surface area contributed by atoms with Gasteiger partial charge in [0, 0.05) is 31.7 Å². The molecule has 0 saturated carbocycles. The second kappa shape index (κ2) is 5.70. The standard InChI is InChI=1S/C16H19N5S/c1-2-19-8-10-20(11-9-19)16-18-21-12-14(17-15(21)22-16)13-6-4-3-5-7-13/h3-7,12H,2,8-11H2,1H3. The van der Waals surface area contributed by atoms with Gasteiger partial charge in [-0.25, -0.2) is 9.50 Å². The maximum atomic E-state index is 4.71. The summed E-state index contributed by atoms with van der Waals surface area (Å²) in [7, 11) is 0. The SMILES string of the molecule is CCN1CCN(c2nn3cc(-c4ccccc4)nc3s2)CC1. The predicted octanol–water partition coefficient (Wildman–Crippen LogP) is 2.60. The fourth-order valence-corrected chi connectivity index (χ4v) is 3.76. The van der Waals surface area contributed by atoms with E-state index in [1.54, 1.807) is 11.3 Å². The van der Waals surface area contributed by atoms with Gasteiger partial charge in [-0.2, -0.15) is 0 Å². The first-order valence-electron chi connectivity index (χ1n) is 7.72. The van der Waals surface area contributed by atoms with Crippen molar-refractivity contribution in [3.8, 4) is 11.3 Å². The molecule has 0 amide bonds. The normalized spacial score (nSPS) is 16.5. The van der Waals surface area contributed by atoms with Gasteiger partial charge in [-0.05, 0) is 6.54 Å². The lowest BCUT2D eigenvalue weighted by molar-refractivity contribution is 0.271. The van der Waals surface area contributed by atoms with Crippen molar-refractivity contribution >= 4 is 21.4 Å². The van der Waals surface area contributed by atoms with Gasteiger partial charge in [0.2, 0.25) is 10.1 Å². The maximum absolute atomic E-state index is 4.71. The van der Waals surface area contributed by atoms with Crippen molar-refractivity contribution < 1.29 is 0 Å². The van der Waals surface area contributed by atoms with Crippen LogP contribution >= 0.6 is 11.3 Å². The van der Waals surface area contributed by atoms with Gasteiger partial charge in [0.15, 0.2) is 0 Å². The van der Waals surface area contributed by atoms with Crippen molar-refractivity contribution in [2.45, 2.75) is 6.92 Å². The van der Waals surface area contributed by atoms with Gasteiger partial charge >= 0.3 is 0 Å². The third-order valence-corrected chi connectivity index (χ3v) is 5.18. The number of benzene rings is 1. The number of likely N-dealkylation sites (N-methyl/N-ethyl adjacent to an activating group) is 1. The zero-order valence-electron chi connectivity index (χ0n) is 12.6. The largest absolute Gasteiger partial charge is 0.344 e. The van der Waals surface area contributed by atoms with Crippen LogP contribution in [0, 0.1) is 0 Å². The van der Waals surface area contributed by atoms with E-state index in [9.17, 15) is 0 Å². The summed E-state index contributed by atoms with van der Waals surface area (Å²) >= 11 is 1.68. The van der Waals surface area contributed by atoms with Gasteiger partial charge in [-0.15, -0.1) is 5.10 Å². The molecule has 3 aromatic rings. The first-order chi connectivity index (χ1) is 10.8. The highest BCUT2D eigenvalue weighted by Gasteiger charge is 2.19. The zero-order chi connectivity index (χ0) is 14.9. The average Bonchev–Trinajstić information content (AvgIpc) is 3.15. The summed E-state index contributed by atoms with van der Waals surface area (Å²) in [6.07, 6.45) is 2.02. The molecule has 0 spiro atoms. The Morgan fingerprint density at radius 1 is 1.09 bits per heavy atom. The quantitative estimate of drug-likeness (QED) is 0.745. The van der Waals surface area contributed by atoms with Crippen LogP contribution in [0.5, 0.6) is 0 Å². The Bertz CT molecular complexity index is 724. The summed E-state index contributed by atoms with van der Waals surface area (Å²) in [6, 6.07) is 10.3. The molecule has 0 N–H and O–H groups in total. The summed E-state index contributed by atoms with van der Waals surface area (Å²) in [5.41, 5.74) is 2.13. The van der Waals surface area contributed by atoms with Crippen LogP contribution in [0.1, 0.15) is 6.92 Å². The summed E-state index contributed by atoms with van der Waals surface area (Å²) < 4.78 is 1.91. The van der Waals surface area contributed by atoms with Crippen molar-refractivity contribution in [3.05, 3.63) is 36.5 Å². The lowest BCUT2D eigenvalue weighted by atomic mass is 10.2. The van der Waals surface area contributed by atoms with E-state index in [2.05, 4.69) is 28.9 Å². The number of hydrogen-bond donors (Lipinski definition) is 0. The van der Waals surface area contributed by atoms with E-state index in [1.165, 1.54) is 0 Å². The second-order valence-electron chi connectivity index (χ2n) is 5.53. The number of hydrogen-bond acceptors (Lipinski definition) is 5. The van der Waals surface area contributed by atoms with Gasteiger partial charge in [0.25, 0.3) is 0 Å². The molecule has 0 radical (unpaired) electrons. The summed E-state index contributed by atoms with van der Waals surface area (Å²) in [4.78, 5) is 10.5.